The Morgan fingerprint density at radius 2 is 0.531 bits per heavy atom. The lowest BCUT2D eigenvalue weighted by molar-refractivity contribution is 1.17. The van der Waals surface area contributed by atoms with E-state index in [0.717, 1.165) is 110 Å². The van der Waals surface area contributed by atoms with Crippen molar-refractivity contribution >= 4 is 111 Å². The SMILES string of the molecule is c1ccc(N2c3ccccc3N(c3ccc(-c4nc5cc6nc(-c7ccc(N8c9ccccc9N(c9ccccc9)c9ccccc98)cc7)sc6cc5s4)cc3)c3ccccc32)cc1. The first-order chi connectivity index (χ1) is 31.7. The molecule has 0 atom stereocenters. The molecular weight excluding hydrogens is 821 g/mol. The van der Waals surface area contributed by atoms with Gasteiger partial charge in [-0.05, 0) is 133 Å². The molecule has 6 nitrogen and oxygen atoms in total. The predicted octanol–water partition coefficient (Wildman–Crippen LogP) is 16.7. The summed E-state index contributed by atoms with van der Waals surface area (Å²) in [5, 5.41) is 2.00. The van der Waals surface area contributed by atoms with E-state index >= 15 is 0 Å². The first-order valence-electron chi connectivity index (χ1n) is 21.3. The second-order valence-corrected chi connectivity index (χ2v) is 17.9. The molecule has 4 heterocycles. The van der Waals surface area contributed by atoms with Crippen LogP contribution in [0, 0.1) is 0 Å². The maximum Gasteiger partial charge on any atom is 0.124 e. The molecular formula is C56H36N6S2. The van der Waals surface area contributed by atoms with Crippen LogP contribution in [0.15, 0.2) is 218 Å². The highest BCUT2D eigenvalue weighted by atomic mass is 32.1. The minimum Gasteiger partial charge on any atom is -0.306 e. The highest BCUT2D eigenvalue weighted by molar-refractivity contribution is 7.23. The van der Waals surface area contributed by atoms with E-state index in [1.54, 1.807) is 22.7 Å². The Morgan fingerprint density at radius 3 is 0.828 bits per heavy atom. The Labute approximate surface area is 378 Å². The molecule has 64 heavy (non-hydrogen) atoms. The molecule has 2 aliphatic rings. The second kappa shape index (κ2) is 14.8. The van der Waals surface area contributed by atoms with Crippen LogP contribution in [0.2, 0.25) is 0 Å². The zero-order valence-corrected chi connectivity index (χ0v) is 35.9. The van der Waals surface area contributed by atoms with Crippen LogP contribution < -0.4 is 19.6 Å². The predicted molar refractivity (Wildman–Crippen MR) is 270 cm³/mol. The van der Waals surface area contributed by atoms with Crippen LogP contribution in [0.5, 0.6) is 0 Å². The van der Waals surface area contributed by atoms with Gasteiger partial charge in [0.2, 0.25) is 0 Å². The Bertz CT molecular complexity index is 3150. The van der Waals surface area contributed by atoms with E-state index in [-0.39, 0.29) is 0 Å². The minimum atomic E-state index is 0.968. The molecule has 0 aliphatic carbocycles. The fraction of sp³-hybridized carbons (Fsp3) is 0. The highest BCUT2D eigenvalue weighted by Crippen LogP contribution is 2.56. The van der Waals surface area contributed by atoms with E-state index in [1.807, 2.05) is 0 Å². The number of rotatable bonds is 6. The van der Waals surface area contributed by atoms with Gasteiger partial charge in [-0.15, -0.1) is 22.7 Å². The number of anilines is 12. The topological polar surface area (TPSA) is 38.7 Å². The van der Waals surface area contributed by atoms with E-state index in [2.05, 4.69) is 238 Å². The molecule has 0 fully saturated rings. The van der Waals surface area contributed by atoms with Crippen LogP contribution in [0.25, 0.3) is 41.6 Å². The van der Waals surface area contributed by atoms with Gasteiger partial charge in [0.05, 0.1) is 65.9 Å². The molecule has 0 N–H and O–H groups in total. The van der Waals surface area contributed by atoms with Gasteiger partial charge in [-0.1, -0.05) is 84.9 Å². The van der Waals surface area contributed by atoms with Crippen LogP contribution in [0.4, 0.5) is 68.2 Å². The summed E-state index contributed by atoms with van der Waals surface area (Å²) >= 11 is 3.46. The summed E-state index contributed by atoms with van der Waals surface area (Å²) in [5.74, 6) is 0. The van der Waals surface area contributed by atoms with Gasteiger partial charge in [0.25, 0.3) is 0 Å². The lowest BCUT2D eigenvalue weighted by atomic mass is 10.0. The number of fused-ring (bicyclic) bond motifs is 6. The molecule has 0 radical (unpaired) electrons. The Kier molecular flexibility index (Phi) is 8.47. The summed E-state index contributed by atoms with van der Waals surface area (Å²) in [4.78, 5) is 19.7. The fourth-order valence-corrected chi connectivity index (χ4v) is 11.3. The van der Waals surface area contributed by atoms with Crippen molar-refractivity contribution in [2.75, 3.05) is 19.6 Å². The molecule has 0 saturated carbocycles. The summed E-state index contributed by atoms with van der Waals surface area (Å²) in [5.41, 5.74) is 17.7. The summed E-state index contributed by atoms with van der Waals surface area (Å²) < 4.78 is 2.31. The third kappa shape index (κ3) is 5.91. The highest BCUT2D eigenvalue weighted by Gasteiger charge is 2.31. The molecule has 2 aliphatic heterocycles. The number of nitrogens with zero attached hydrogens (tertiary/aromatic N) is 6. The van der Waals surface area contributed by atoms with Crippen LogP contribution in [0.3, 0.4) is 0 Å². The van der Waals surface area contributed by atoms with Gasteiger partial charge < -0.3 is 19.6 Å². The third-order valence-corrected chi connectivity index (χ3v) is 14.3. The van der Waals surface area contributed by atoms with E-state index in [9.17, 15) is 0 Å². The van der Waals surface area contributed by atoms with E-state index in [0.29, 0.717) is 0 Å². The van der Waals surface area contributed by atoms with Crippen molar-refractivity contribution in [1.29, 1.82) is 0 Å². The van der Waals surface area contributed by atoms with Crippen molar-refractivity contribution in [3.63, 3.8) is 0 Å². The van der Waals surface area contributed by atoms with E-state index in [4.69, 9.17) is 9.97 Å². The van der Waals surface area contributed by atoms with Crippen LogP contribution in [-0.4, -0.2) is 9.97 Å². The van der Waals surface area contributed by atoms with Gasteiger partial charge in [-0.3, -0.25) is 0 Å². The molecule has 0 amide bonds. The Balaban J connectivity index is 0.790. The van der Waals surface area contributed by atoms with Gasteiger partial charge in [0.1, 0.15) is 10.0 Å². The number of thiazole rings is 2. The van der Waals surface area contributed by atoms with Gasteiger partial charge in [0.15, 0.2) is 0 Å². The summed E-state index contributed by atoms with van der Waals surface area (Å²) in [6.07, 6.45) is 0. The minimum absolute atomic E-state index is 0.968. The first-order valence-corrected chi connectivity index (χ1v) is 23.0. The molecule has 2 aromatic heterocycles. The van der Waals surface area contributed by atoms with Gasteiger partial charge >= 0.3 is 0 Å². The number of hydrogen-bond acceptors (Lipinski definition) is 8. The van der Waals surface area contributed by atoms with Crippen molar-refractivity contribution in [3.8, 4) is 21.1 Å². The third-order valence-electron chi connectivity index (χ3n) is 12.1. The first kappa shape index (κ1) is 36.6. The van der Waals surface area contributed by atoms with Crippen LogP contribution in [0.1, 0.15) is 0 Å². The summed E-state index contributed by atoms with van der Waals surface area (Å²) in [7, 11) is 0. The molecule has 13 rings (SSSR count). The van der Waals surface area contributed by atoms with Gasteiger partial charge in [-0.2, -0.15) is 0 Å². The quantitative estimate of drug-likeness (QED) is 0.166. The van der Waals surface area contributed by atoms with Crippen LogP contribution in [-0.2, 0) is 0 Å². The lowest BCUT2D eigenvalue weighted by Crippen LogP contribution is -2.23. The van der Waals surface area contributed by atoms with E-state index < -0.39 is 0 Å². The number of aromatic nitrogens is 2. The zero-order valence-electron chi connectivity index (χ0n) is 34.3. The monoisotopic (exact) mass is 856 g/mol. The molecule has 302 valence electrons. The van der Waals surface area contributed by atoms with Gasteiger partial charge in [0, 0.05) is 33.9 Å². The summed E-state index contributed by atoms with van der Waals surface area (Å²) in [6, 6.07) is 77.8. The Hall–Kier alpha value is -8.04. The van der Waals surface area contributed by atoms with E-state index in [1.165, 1.54) is 0 Å². The standard InChI is InChI=1S/C56H36N6S2/c1-3-15-39(16-4-1)59-45-19-7-11-23-49(45)61(50-24-12-8-20-46(50)59)41-31-27-37(28-32-41)55-57-43-35-44-54(36-53(43)63-55)64-56(58-44)38-29-33-42(34-30-38)62-51-25-13-9-21-47(51)60(40-17-5-2-6-18-40)48-22-10-14-26-52(48)62/h1-36H. The maximum atomic E-state index is 5.15. The van der Waals surface area contributed by atoms with Crippen LogP contribution >= 0.6 is 22.7 Å². The van der Waals surface area contributed by atoms with Gasteiger partial charge in [-0.25, -0.2) is 9.97 Å². The number of benzene rings is 9. The van der Waals surface area contributed by atoms with Crippen molar-refractivity contribution < 1.29 is 0 Å². The maximum absolute atomic E-state index is 5.15. The molecule has 0 unspecified atom stereocenters. The second-order valence-electron chi connectivity index (χ2n) is 15.9. The summed E-state index contributed by atoms with van der Waals surface area (Å²) in [6.45, 7) is 0. The van der Waals surface area contributed by atoms with Crippen molar-refractivity contribution in [2.24, 2.45) is 0 Å². The zero-order chi connectivity index (χ0) is 42.1. The largest absolute Gasteiger partial charge is 0.306 e. The smallest absolute Gasteiger partial charge is 0.124 e. The van der Waals surface area contributed by atoms with Crippen molar-refractivity contribution in [1.82, 2.24) is 9.97 Å². The van der Waals surface area contributed by atoms with Crippen molar-refractivity contribution in [2.45, 2.75) is 0 Å². The molecule has 0 spiro atoms. The molecule has 9 aromatic carbocycles. The van der Waals surface area contributed by atoms with Crippen molar-refractivity contribution in [3.05, 3.63) is 218 Å². The fourth-order valence-electron chi connectivity index (χ4n) is 9.26. The molecule has 8 heteroatoms. The molecule has 0 saturated heterocycles. The lowest BCUT2D eigenvalue weighted by Gasteiger charge is -2.40. The number of para-hydroxylation sites is 10. The average molecular weight is 857 g/mol. The molecule has 11 aromatic rings. The molecule has 0 bridgehead atoms. The normalized spacial score (nSPS) is 12.9. The number of hydrogen-bond donors (Lipinski definition) is 0. The Morgan fingerprint density at radius 1 is 0.266 bits per heavy atom. The average Bonchev–Trinajstić information content (AvgIpc) is 3.98.